The third-order valence-corrected chi connectivity index (χ3v) is 4.58. The Labute approximate surface area is 194 Å². The zero-order valence-electron chi connectivity index (χ0n) is 17.0. The van der Waals surface area contributed by atoms with Crippen molar-refractivity contribution in [1.82, 2.24) is 10.7 Å². The lowest BCUT2D eigenvalue weighted by Crippen LogP contribution is -2.37. The fraction of sp³-hybridized carbons (Fsp3) is 0.143. The first-order valence-electron chi connectivity index (χ1n) is 9.12. The van der Waals surface area contributed by atoms with E-state index in [-0.39, 0.29) is 18.2 Å². The van der Waals surface area contributed by atoms with Crippen LogP contribution in [-0.4, -0.2) is 44.2 Å². The number of carbonyl (C=O) groups excluding carboxylic acids is 3. The highest BCUT2D eigenvalue weighted by Crippen LogP contribution is 2.30. The molecule has 0 aliphatic heterocycles. The van der Waals surface area contributed by atoms with Gasteiger partial charge in [0.25, 0.3) is 5.91 Å². The molecule has 2 aromatic carbocycles. The van der Waals surface area contributed by atoms with Gasteiger partial charge in [0, 0.05) is 6.54 Å². The average molecular weight is 479 g/mol. The number of benzene rings is 2. The summed E-state index contributed by atoms with van der Waals surface area (Å²) in [5.41, 5.74) is 3.02. The second-order valence-corrected chi connectivity index (χ2v) is 6.83. The molecule has 168 valence electrons. The Morgan fingerprint density at radius 2 is 1.91 bits per heavy atom. The van der Waals surface area contributed by atoms with Gasteiger partial charge in [-0.25, -0.2) is 5.43 Å². The quantitative estimate of drug-likeness (QED) is 0.221. The largest absolute Gasteiger partial charge is 0.493 e. The predicted octanol–water partition coefficient (Wildman–Crippen LogP) is 2.77. The van der Waals surface area contributed by atoms with E-state index in [2.05, 4.69) is 27.7 Å². The number of hydrogen-bond donors (Lipinski definition) is 3. The molecule has 0 heterocycles. The van der Waals surface area contributed by atoms with Crippen LogP contribution in [0.4, 0.5) is 5.69 Å². The predicted molar refractivity (Wildman–Crippen MR) is 123 cm³/mol. The van der Waals surface area contributed by atoms with Gasteiger partial charge < -0.3 is 20.1 Å². The molecule has 0 unspecified atom stereocenters. The standard InChI is InChI=1S/C21H20Cl2N4O5/c1-3-9-24-20(29)21(30)27-25-11-13-7-8-16(17(10-13)31-2)32-12-18(28)26-15-6-4-5-14(22)19(15)23/h3-8,10-11H,1,9,12H2,2H3,(H,24,29)(H,26,28)(H,27,30)/b25-11-. The van der Waals surface area contributed by atoms with E-state index >= 15 is 0 Å². The first-order chi connectivity index (χ1) is 15.3. The number of halogens is 2. The highest BCUT2D eigenvalue weighted by atomic mass is 35.5. The molecule has 0 atom stereocenters. The number of hydrogen-bond acceptors (Lipinski definition) is 6. The van der Waals surface area contributed by atoms with Crippen LogP contribution in [0.25, 0.3) is 0 Å². The van der Waals surface area contributed by atoms with Crippen molar-refractivity contribution >= 4 is 52.8 Å². The Balaban J connectivity index is 1.94. The average Bonchev–Trinajstić information content (AvgIpc) is 2.79. The lowest BCUT2D eigenvalue weighted by molar-refractivity contribution is -0.139. The fourth-order valence-electron chi connectivity index (χ4n) is 2.28. The number of hydrazone groups is 1. The topological polar surface area (TPSA) is 118 Å². The number of carbonyl (C=O) groups is 3. The lowest BCUT2D eigenvalue weighted by atomic mass is 10.2. The highest BCUT2D eigenvalue weighted by molar-refractivity contribution is 6.44. The smallest absolute Gasteiger partial charge is 0.329 e. The number of amides is 3. The molecule has 0 aliphatic rings. The lowest BCUT2D eigenvalue weighted by Gasteiger charge is -2.12. The van der Waals surface area contributed by atoms with Crippen LogP contribution in [0.5, 0.6) is 11.5 Å². The van der Waals surface area contributed by atoms with E-state index in [1.54, 1.807) is 36.4 Å². The van der Waals surface area contributed by atoms with Crippen LogP contribution >= 0.6 is 23.2 Å². The third kappa shape index (κ3) is 7.29. The number of nitrogens with zero attached hydrogens (tertiary/aromatic N) is 1. The van der Waals surface area contributed by atoms with E-state index in [1.165, 1.54) is 19.4 Å². The molecule has 0 spiro atoms. The number of ether oxygens (including phenoxy) is 2. The maximum atomic E-state index is 12.2. The van der Waals surface area contributed by atoms with Crippen LogP contribution in [-0.2, 0) is 14.4 Å². The minimum absolute atomic E-state index is 0.165. The molecule has 0 bridgehead atoms. The Bertz CT molecular complexity index is 1040. The van der Waals surface area contributed by atoms with Crippen molar-refractivity contribution in [1.29, 1.82) is 0 Å². The zero-order valence-corrected chi connectivity index (χ0v) is 18.5. The van der Waals surface area contributed by atoms with Crippen molar-refractivity contribution in [3.05, 3.63) is 64.7 Å². The Morgan fingerprint density at radius 1 is 1.12 bits per heavy atom. The second kappa shape index (κ2) is 12.3. The monoisotopic (exact) mass is 478 g/mol. The first-order valence-corrected chi connectivity index (χ1v) is 9.88. The van der Waals surface area contributed by atoms with Crippen LogP contribution in [0, 0.1) is 0 Å². The van der Waals surface area contributed by atoms with E-state index in [9.17, 15) is 14.4 Å². The molecule has 0 radical (unpaired) electrons. The van der Waals surface area contributed by atoms with Gasteiger partial charge in [0.2, 0.25) is 0 Å². The molecular formula is C21H20Cl2N4O5. The summed E-state index contributed by atoms with van der Waals surface area (Å²) in [5.74, 6) is -1.55. The van der Waals surface area contributed by atoms with Gasteiger partial charge in [-0.05, 0) is 35.9 Å². The van der Waals surface area contributed by atoms with Crippen LogP contribution < -0.4 is 25.5 Å². The third-order valence-electron chi connectivity index (χ3n) is 3.77. The first kappa shape index (κ1) is 24.7. The van der Waals surface area contributed by atoms with Crippen LogP contribution in [0.15, 0.2) is 54.2 Å². The number of methoxy groups -OCH3 is 1. The van der Waals surface area contributed by atoms with Crippen molar-refractivity contribution in [2.45, 2.75) is 0 Å². The van der Waals surface area contributed by atoms with Crippen molar-refractivity contribution in [2.24, 2.45) is 5.10 Å². The van der Waals surface area contributed by atoms with Gasteiger partial charge >= 0.3 is 11.8 Å². The van der Waals surface area contributed by atoms with Crippen LogP contribution in [0.1, 0.15) is 5.56 Å². The van der Waals surface area contributed by atoms with E-state index in [4.69, 9.17) is 32.7 Å². The minimum Gasteiger partial charge on any atom is -0.493 e. The summed E-state index contributed by atoms with van der Waals surface area (Å²) >= 11 is 12.0. The Kier molecular flexibility index (Phi) is 9.52. The second-order valence-electron chi connectivity index (χ2n) is 6.05. The van der Waals surface area contributed by atoms with Gasteiger partial charge in [0.15, 0.2) is 18.1 Å². The molecule has 2 aromatic rings. The molecule has 0 aromatic heterocycles. The molecule has 11 heteroatoms. The normalized spacial score (nSPS) is 10.3. The summed E-state index contributed by atoms with van der Waals surface area (Å²) in [6.45, 7) is 3.30. The van der Waals surface area contributed by atoms with Gasteiger partial charge in [-0.3, -0.25) is 14.4 Å². The van der Waals surface area contributed by atoms with E-state index in [0.717, 1.165) is 0 Å². The molecule has 3 N–H and O–H groups in total. The molecule has 2 rings (SSSR count). The van der Waals surface area contributed by atoms with Crippen molar-refractivity contribution in [3.8, 4) is 11.5 Å². The maximum absolute atomic E-state index is 12.2. The van der Waals surface area contributed by atoms with Crippen molar-refractivity contribution in [3.63, 3.8) is 0 Å². The van der Waals surface area contributed by atoms with Gasteiger partial charge in [0.1, 0.15) is 0 Å². The van der Waals surface area contributed by atoms with E-state index in [0.29, 0.717) is 27.8 Å². The molecule has 0 saturated heterocycles. The zero-order chi connectivity index (χ0) is 23.5. The summed E-state index contributed by atoms with van der Waals surface area (Å²) in [6, 6.07) is 9.64. The van der Waals surface area contributed by atoms with Crippen molar-refractivity contribution in [2.75, 3.05) is 25.6 Å². The van der Waals surface area contributed by atoms with Gasteiger partial charge in [-0.2, -0.15) is 5.10 Å². The van der Waals surface area contributed by atoms with Gasteiger partial charge in [-0.1, -0.05) is 35.3 Å². The summed E-state index contributed by atoms with van der Waals surface area (Å²) < 4.78 is 10.8. The summed E-state index contributed by atoms with van der Waals surface area (Å²) in [7, 11) is 1.43. The minimum atomic E-state index is -0.916. The molecule has 0 fully saturated rings. The summed E-state index contributed by atoms with van der Waals surface area (Å²) in [6.07, 6.45) is 2.76. The fourth-order valence-corrected chi connectivity index (χ4v) is 2.62. The van der Waals surface area contributed by atoms with Crippen molar-refractivity contribution < 1.29 is 23.9 Å². The molecule has 3 amide bonds. The molecular weight excluding hydrogens is 459 g/mol. The van der Waals surface area contributed by atoms with Gasteiger partial charge in [0.05, 0.1) is 29.1 Å². The van der Waals surface area contributed by atoms with Crippen LogP contribution in [0.3, 0.4) is 0 Å². The number of rotatable bonds is 9. The van der Waals surface area contributed by atoms with Crippen LogP contribution in [0.2, 0.25) is 10.0 Å². The summed E-state index contributed by atoms with van der Waals surface area (Å²) in [4.78, 5) is 35.2. The molecule has 9 nitrogen and oxygen atoms in total. The maximum Gasteiger partial charge on any atom is 0.329 e. The SMILES string of the molecule is C=CCNC(=O)C(=O)N/N=C\c1ccc(OCC(=O)Nc2cccc(Cl)c2Cl)c(OC)c1. The number of nitrogens with one attached hydrogen (secondary N) is 3. The Hall–Kier alpha value is -3.56. The van der Waals surface area contributed by atoms with Gasteiger partial charge in [-0.15, -0.1) is 6.58 Å². The van der Waals surface area contributed by atoms with E-state index < -0.39 is 17.7 Å². The van der Waals surface area contributed by atoms with E-state index in [1.807, 2.05) is 0 Å². The number of anilines is 1. The molecule has 32 heavy (non-hydrogen) atoms. The molecule has 0 saturated carbocycles. The Morgan fingerprint density at radius 3 is 2.62 bits per heavy atom. The molecule has 0 aliphatic carbocycles. The summed E-state index contributed by atoms with van der Waals surface area (Å²) in [5, 5.41) is 9.20. The highest BCUT2D eigenvalue weighted by Gasteiger charge is 2.12.